The second kappa shape index (κ2) is 7.45. The molecular formula is C18H18ClN5O2. The number of aliphatic imine (C=N–C) groups is 1. The lowest BCUT2D eigenvalue weighted by molar-refractivity contribution is -0.120. The lowest BCUT2D eigenvalue weighted by Crippen LogP contribution is -2.47. The molecule has 0 saturated carbocycles. The summed E-state index contributed by atoms with van der Waals surface area (Å²) in [6.45, 7) is 1.93. The number of halogens is 1. The van der Waals surface area contributed by atoms with Crippen molar-refractivity contribution in [1.82, 2.24) is 10.9 Å². The third kappa shape index (κ3) is 3.94. The van der Waals surface area contributed by atoms with E-state index in [1.54, 1.807) is 36.4 Å². The molecule has 8 heteroatoms. The first kappa shape index (κ1) is 17.8. The highest BCUT2D eigenvalue weighted by Gasteiger charge is 2.13. The number of carbonyl (C=O) groups excluding carboxylic acids is 2. The van der Waals surface area contributed by atoms with Gasteiger partial charge in [-0.1, -0.05) is 11.6 Å². The molecule has 0 fully saturated rings. The molecule has 0 radical (unpaired) electrons. The normalized spacial score (nSPS) is 13.5. The van der Waals surface area contributed by atoms with Crippen LogP contribution in [0.5, 0.6) is 0 Å². The molecule has 1 aliphatic heterocycles. The summed E-state index contributed by atoms with van der Waals surface area (Å²) in [6.07, 6.45) is 0.137. The third-order valence-electron chi connectivity index (χ3n) is 4.06. The maximum Gasteiger partial charge on any atom is 0.260 e. The number of hydrogen-bond acceptors (Lipinski definition) is 5. The average Bonchev–Trinajstić information content (AvgIpc) is 2.63. The van der Waals surface area contributed by atoms with Crippen molar-refractivity contribution in [1.29, 1.82) is 0 Å². The first-order valence-corrected chi connectivity index (χ1v) is 8.35. The topological polar surface area (TPSA) is 109 Å². The predicted octanol–water partition coefficient (Wildman–Crippen LogP) is 1.79. The lowest BCUT2D eigenvalue weighted by Gasteiger charge is -2.16. The van der Waals surface area contributed by atoms with E-state index >= 15 is 0 Å². The van der Waals surface area contributed by atoms with E-state index in [1.165, 1.54) is 0 Å². The van der Waals surface area contributed by atoms with Crippen molar-refractivity contribution in [2.45, 2.75) is 13.3 Å². The predicted molar refractivity (Wildman–Crippen MR) is 102 cm³/mol. The standard InChI is InChI=1S/C18H18ClN5O2/c1-10-13(14(19)6-7-15(10)20)8-16(25)22-12-4-2-11(3-5-12)18-21-9-17(26)23-24-18/h2-7H,8-9,20H2,1H3,(H,21,24)(H,22,25)(H,23,26). The maximum atomic E-state index is 12.3. The Morgan fingerprint density at radius 1 is 1.23 bits per heavy atom. The Kier molecular flexibility index (Phi) is 5.09. The quantitative estimate of drug-likeness (QED) is 0.614. The minimum Gasteiger partial charge on any atom is -0.399 e. The number of nitrogen functional groups attached to an aromatic ring is 1. The molecule has 0 saturated heterocycles. The van der Waals surface area contributed by atoms with Crippen LogP contribution in [0.25, 0.3) is 0 Å². The summed E-state index contributed by atoms with van der Waals surface area (Å²) in [6, 6.07) is 10.6. The largest absolute Gasteiger partial charge is 0.399 e. The van der Waals surface area contributed by atoms with Gasteiger partial charge in [-0.3, -0.25) is 25.4 Å². The van der Waals surface area contributed by atoms with Crippen LogP contribution in [0.3, 0.4) is 0 Å². The molecule has 1 heterocycles. The molecule has 3 rings (SSSR count). The number of hydrogen-bond donors (Lipinski definition) is 4. The van der Waals surface area contributed by atoms with E-state index in [2.05, 4.69) is 21.2 Å². The zero-order valence-corrected chi connectivity index (χ0v) is 14.9. The molecule has 0 unspecified atom stereocenters. The Morgan fingerprint density at radius 3 is 2.62 bits per heavy atom. The zero-order valence-electron chi connectivity index (χ0n) is 14.1. The average molecular weight is 372 g/mol. The summed E-state index contributed by atoms with van der Waals surface area (Å²) in [5.41, 5.74) is 14.7. The minimum atomic E-state index is -0.187. The van der Waals surface area contributed by atoms with Crippen LogP contribution in [0.2, 0.25) is 5.02 Å². The van der Waals surface area contributed by atoms with Crippen LogP contribution < -0.4 is 21.9 Å². The van der Waals surface area contributed by atoms with Crippen molar-refractivity contribution in [2.75, 3.05) is 17.6 Å². The fourth-order valence-corrected chi connectivity index (χ4v) is 2.83. The smallest absolute Gasteiger partial charge is 0.260 e. The highest BCUT2D eigenvalue weighted by Crippen LogP contribution is 2.25. The van der Waals surface area contributed by atoms with Gasteiger partial charge in [0, 0.05) is 22.0 Å². The van der Waals surface area contributed by atoms with Crippen LogP contribution in [-0.2, 0) is 16.0 Å². The van der Waals surface area contributed by atoms with Crippen LogP contribution in [0.1, 0.15) is 16.7 Å². The zero-order chi connectivity index (χ0) is 18.7. The van der Waals surface area contributed by atoms with Gasteiger partial charge < -0.3 is 11.1 Å². The molecule has 7 nitrogen and oxygen atoms in total. The van der Waals surface area contributed by atoms with Gasteiger partial charge in [-0.15, -0.1) is 0 Å². The van der Waals surface area contributed by atoms with Gasteiger partial charge in [-0.2, -0.15) is 0 Å². The summed E-state index contributed by atoms with van der Waals surface area (Å²) in [4.78, 5) is 27.5. The van der Waals surface area contributed by atoms with E-state index in [1.807, 2.05) is 6.92 Å². The van der Waals surface area contributed by atoms with Crippen LogP contribution in [0, 0.1) is 6.92 Å². The van der Waals surface area contributed by atoms with Crippen molar-refractivity contribution in [3.63, 3.8) is 0 Å². The highest BCUT2D eigenvalue weighted by molar-refractivity contribution is 6.31. The molecule has 2 aromatic carbocycles. The summed E-state index contributed by atoms with van der Waals surface area (Å²) in [5, 5.41) is 3.35. The van der Waals surface area contributed by atoms with E-state index in [4.69, 9.17) is 17.3 Å². The number of nitrogens with one attached hydrogen (secondary N) is 3. The number of amidine groups is 1. The van der Waals surface area contributed by atoms with Crippen molar-refractivity contribution in [2.24, 2.45) is 4.99 Å². The number of nitrogens with zero attached hydrogens (tertiary/aromatic N) is 1. The number of hydrazine groups is 1. The van der Waals surface area contributed by atoms with E-state index in [-0.39, 0.29) is 24.8 Å². The van der Waals surface area contributed by atoms with Crippen LogP contribution in [-0.4, -0.2) is 24.2 Å². The fourth-order valence-electron chi connectivity index (χ4n) is 2.56. The Labute approximate surface area is 155 Å². The second-order valence-corrected chi connectivity index (χ2v) is 6.29. The number of rotatable bonds is 4. The molecule has 1 aliphatic rings. The SMILES string of the molecule is Cc1c(N)ccc(Cl)c1CC(=O)Nc1ccc(C2=NCC(=O)NN2)cc1. The van der Waals surface area contributed by atoms with Gasteiger partial charge in [0.2, 0.25) is 5.91 Å². The number of benzene rings is 2. The van der Waals surface area contributed by atoms with Gasteiger partial charge in [0.15, 0.2) is 0 Å². The summed E-state index contributed by atoms with van der Waals surface area (Å²) >= 11 is 6.18. The van der Waals surface area contributed by atoms with Crippen molar-refractivity contribution >= 4 is 40.6 Å². The molecule has 2 amide bonds. The lowest BCUT2D eigenvalue weighted by atomic mass is 10.0. The summed E-state index contributed by atoms with van der Waals surface area (Å²) < 4.78 is 0. The fraction of sp³-hybridized carbons (Fsp3) is 0.167. The molecule has 0 aliphatic carbocycles. The number of amides is 2. The van der Waals surface area contributed by atoms with Gasteiger partial charge in [0.25, 0.3) is 5.91 Å². The van der Waals surface area contributed by atoms with Crippen molar-refractivity contribution in [3.8, 4) is 0 Å². The summed E-state index contributed by atoms with van der Waals surface area (Å²) in [7, 11) is 0. The number of carbonyl (C=O) groups is 2. The van der Waals surface area contributed by atoms with Crippen LogP contribution in [0.15, 0.2) is 41.4 Å². The molecule has 0 spiro atoms. The van der Waals surface area contributed by atoms with Crippen molar-refractivity contribution in [3.05, 3.63) is 58.1 Å². The van der Waals surface area contributed by atoms with E-state index < -0.39 is 0 Å². The first-order chi connectivity index (χ1) is 12.4. The molecule has 0 atom stereocenters. The molecule has 0 aromatic heterocycles. The highest BCUT2D eigenvalue weighted by atomic mass is 35.5. The number of anilines is 2. The van der Waals surface area contributed by atoms with Gasteiger partial charge in [-0.25, -0.2) is 0 Å². The van der Waals surface area contributed by atoms with Gasteiger partial charge in [0.05, 0.1) is 6.42 Å². The molecule has 2 aromatic rings. The first-order valence-electron chi connectivity index (χ1n) is 7.97. The van der Waals surface area contributed by atoms with Gasteiger partial charge in [0.1, 0.15) is 12.4 Å². The molecule has 26 heavy (non-hydrogen) atoms. The second-order valence-electron chi connectivity index (χ2n) is 5.88. The van der Waals surface area contributed by atoms with Crippen LogP contribution >= 0.6 is 11.6 Å². The monoisotopic (exact) mass is 371 g/mol. The van der Waals surface area contributed by atoms with E-state index in [9.17, 15) is 9.59 Å². The van der Waals surface area contributed by atoms with E-state index in [0.717, 1.165) is 16.7 Å². The third-order valence-corrected chi connectivity index (χ3v) is 4.42. The molecule has 5 N–H and O–H groups in total. The van der Waals surface area contributed by atoms with Crippen LogP contribution in [0.4, 0.5) is 11.4 Å². The Bertz CT molecular complexity index is 893. The van der Waals surface area contributed by atoms with E-state index in [0.29, 0.717) is 22.2 Å². The molecule has 134 valence electrons. The van der Waals surface area contributed by atoms with Gasteiger partial charge in [-0.05, 0) is 54.4 Å². The Morgan fingerprint density at radius 2 is 1.96 bits per heavy atom. The Balaban J connectivity index is 1.67. The molecule has 0 bridgehead atoms. The minimum absolute atomic E-state index is 0.0845. The molecular weight excluding hydrogens is 354 g/mol. The van der Waals surface area contributed by atoms with Gasteiger partial charge >= 0.3 is 0 Å². The summed E-state index contributed by atoms with van der Waals surface area (Å²) in [5.74, 6) is 0.200. The number of nitrogens with two attached hydrogens (primary N) is 1. The maximum absolute atomic E-state index is 12.3. The van der Waals surface area contributed by atoms with Crippen molar-refractivity contribution < 1.29 is 9.59 Å². The Hall–Kier alpha value is -3.06.